The molecule has 0 spiro atoms. The molecule has 0 aliphatic heterocycles. The normalized spacial score (nSPS) is 12.6. The first kappa shape index (κ1) is 22.3. The van der Waals surface area contributed by atoms with Crippen molar-refractivity contribution in [3.05, 3.63) is 71.0 Å². The van der Waals surface area contributed by atoms with Gasteiger partial charge in [0.05, 0.1) is 17.5 Å². The van der Waals surface area contributed by atoms with E-state index in [4.69, 9.17) is 16.3 Å². The zero-order valence-corrected chi connectivity index (χ0v) is 18.5. The van der Waals surface area contributed by atoms with E-state index >= 15 is 0 Å². The fraction of sp³-hybridized carbons (Fsp3) is 0.333. The zero-order valence-electron chi connectivity index (χ0n) is 17.0. The largest absolute Gasteiger partial charge is 0.464 e. The molecule has 0 aliphatic rings. The Morgan fingerprint density at radius 1 is 1.07 bits per heavy atom. The molecule has 1 aromatic heterocycles. The van der Waals surface area contributed by atoms with Crippen LogP contribution in [0, 0.1) is 0 Å². The van der Waals surface area contributed by atoms with Gasteiger partial charge in [0.15, 0.2) is 5.82 Å². The summed E-state index contributed by atoms with van der Waals surface area (Å²) in [5.41, 5.74) is 0.975. The molecule has 3 aromatic rings. The van der Waals surface area contributed by atoms with Gasteiger partial charge in [0.25, 0.3) is 0 Å². The second-order valence-electron chi connectivity index (χ2n) is 6.75. The Bertz CT molecular complexity index is 1050. The summed E-state index contributed by atoms with van der Waals surface area (Å²) in [6, 6.07) is 15.5. The van der Waals surface area contributed by atoms with Gasteiger partial charge in [-0.15, -0.1) is 5.10 Å². The van der Waals surface area contributed by atoms with Gasteiger partial charge in [-0.1, -0.05) is 54.0 Å². The highest BCUT2D eigenvalue weighted by molar-refractivity contribution is 7.89. The number of aromatic nitrogens is 3. The minimum atomic E-state index is -3.81. The second-order valence-corrected chi connectivity index (χ2v) is 8.90. The van der Waals surface area contributed by atoms with E-state index in [1.807, 2.05) is 44.2 Å². The van der Waals surface area contributed by atoms with Gasteiger partial charge < -0.3 is 4.74 Å². The van der Waals surface area contributed by atoms with Crippen LogP contribution in [-0.4, -0.2) is 29.8 Å². The molecule has 0 aliphatic carbocycles. The van der Waals surface area contributed by atoms with Gasteiger partial charge >= 0.3 is 6.01 Å². The molecule has 0 unspecified atom stereocenters. The summed E-state index contributed by atoms with van der Waals surface area (Å²) in [4.78, 5) is 0.134. The van der Waals surface area contributed by atoms with Gasteiger partial charge in [0.1, 0.15) is 0 Å². The summed E-state index contributed by atoms with van der Waals surface area (Å²) >= 11 is 5.90. The summed E-state index contributed by atoms with van der Waals surface area (Å²) in [5.74, 6) is 0.505. The molecule has 9 heteroatoms. The van der Waals surface area contributed by atoms with E-state index in [1.165, 1.54) is 12.1 Å². The predicted octanol–water partition coefficient (Wildman–Crippen LogP) is 4.00. The molecular weight excluding hydrogens is 424 g/mol. The van der Waals surface area contributed by atoms with Crippen molar-refractivity contribution in [2.45, 2.75) is 44.2 Å². The molecule has 1 atom stereocenters. The van der Waals surface area contributed by atoms with Crippen LogP contribution in [0.4, 0.5) is 0 Å². The van der Waals surface area contributed by atoms with Crippen molar-refractivity contribution in [1.82, 2.24) is 19.5 Å². The van der Waals surface area contributed by atoms with Crippen molar-refractivity contribution in [3.8, 4) is 6.01 Å². The summed E-state index contributed by atoms with van der Waals surface area (Å²) in [6.45, 7) is 5.01. The third-order valence-electron chi connectivity index (χ3n) is 4.51. The second kappa shape index (κ2) is 10.1. The van der Waals surface area contributed by atoms with Crippen LogP contribution in [-0.2, 0) is 23.0 Å². The molecule has 3 rings (SSSR count). The molecule has 0 bridgehead atoms. The lowest BCUT2D eigenvalue weighted by molar-refractivity contribution is 0.276. The molecule has 160 valence electrons. The highest BCUT2D eigenvalue weighted by Crippen LogP contribution is 2.24. The molecule has 0 radical (unpaired) electrons. The average molecular weight is 449 g/mol. The van der Waals surface area contributed by atoms with Gasteiger partial charge in [-0.3, -0.25) is 4.57 Å². The van der Waals surface area contributed by atoms with Gasteiger partial charge in [-0.2, -0.15) is 0 Å². The Labute approximate surface area is 182 Å². The van der Waals surface area contributed by atoms with Crippen LogP contribution in [0.15, 0.2) is 59.5 Å². The first-order chi connectivity index (χ1) is 14.4. The van der Waals surface area contributed by atoms with E-state index in [9.17, 15) is 8.42 Å². The summed E-state index contributed by atoms with van der Waals surface area (Å²) in [5, 5.41) is 8.88. The van der Waals surface area contributed by atoms with Crippen LogP contribution >= 0.6 is 11.6 Å². The number of ether oxygens (including phenoxy) is 1. The van der Waals surface area contributed by atoms with E-state index in [2.05, 4.69) is 14.9 Å². The SMILES string of the molecule is CCCOc1nnc([C@@H](Cc2ccccc2)NS(=O)(=O)c2ccc(Cl)cc2)n1CC. The maximum absolute atomic E-state index is 13.1. The smallest absolute Gasteiger partial charge is 0.316 e. The number of nitrogens with one attached hydrogen (secondary N) is 1. The van der Waals surface area contributed by atoms with Gasteiger partial charge in [0.2, 0.25) is 10.0 Å². The van der Waals surface area contributed by atoms with Gasteiger partial charge in [-0.05, 0) is 49.6 Å². The van der Waals surface area contributed by atoms with Crippen LogP contribution in [0.5, 0.6) is 6.01 Å². The number of nitrogens with zero attached hydrogens (tertiary/aromatic N) is 3. The molecule has 0 saturated heterocycles. The number of rotatable bonds is 10. The zero-order chi connectivity index (χ0) is 21.6. The molecular formula is C21H25ClN4O3S. The Morgan fingerprint density at radius 3 is 2.40 bits per heavy atom. The van der Waals surface area contributed by atoms with Crippen molar-refractivity contribution in [2.24, 2.45) is 0 Å². The first-order valence-electron chi connectivity index (χ1n) is 9.82. The Morgan fingerprint density at radius 2 is 1.77 bits per heavy atom. The van der Waals surface area contributed by atoms with Crippen LogP contribution in [0.2, 0.25) is 5.02 Å². The highest BCUT2D eigenvalue weighted by atomic mass is 35.5. The Kier molecular flexibility index (Phi) is 7.47. The van der Waals surface area contributed by atoms with Crippen LogP contribution in [0.25, 0.3) is 0 Å². The standard InChI is InChI=1S/C21H25ClN4O3S/c1-3-14-29-21-24-23-20(26(21)4-2)19(15-16-8-6-5-7-9-16)25-30(27,28)18-12-10-17(22)11-13-18/h5-13,19,25H,3-4,14-15H2,1-2H3/t19-/m1/s1. The first-order valence-corrected chi connectivity index (χ1v) is 11.7. The lowest BCUT2D eigenvalue weighted by Crippen LogP contribution is -2.32. The van der Waals surface area contributed by atoms with E-state index in [1.54, 1.807) is 16.7 Å². The van der Waals surface area contributed by atoms with E-state index < -0.39 is 16.1 Å². The highest BCUT2D eigenvalue weighted by Gasteiger charge is 2.27. The minimum absolute atomic E-state index is 0.134. The average Bonchev–Trinajstić information content (AvgIpc) is 3.15. The number of hydrogen-bond donors (Lipinski definition) is 1. The summed E-state index contributed by atoms with van der Waals surface area (Å²) < 4.78 is 36.4. The van der Waals surface area contributed by atoms with Gasteiger partial charge in [-0.25, -0.2) is 13.1 Å². The van der Waals surface area contributed by atoms with E-state index in [-0.39, 0.29) is 4.90 Å². The summed E-state index contributed by atoms with van der Waals surface area (Å²) in [6.07, 6.45) is 1.25. The number of sulfonamides is 1. The minimum Gasteiger partial charge on any atom is -0.464 e. The maximum atomic E-state index is 13.1. The van der Waals surface area contributed by atoms with Crippen molar-refractivity contribution < 1.29 is 13.2 Å². The molecule has 2 aromatic carbocycles. The fourth-order valence-corrected chi connectivity index (χ4v) is 4.38. The van der Waals surface area contributed by atoms with Crippen LogP contribution in [0.3, 0.4) is 0 Å². The predicted molar refractivity (Wildman–Crippen MR) is 116 cm³/mol. The Balaban J connectivity index is 1.97. The lowest BCUT2D eigenvalue weighted by atomic mass is 10.1. The molecule has 0 amide bonds. The monoisotopic (exact) mass is 448 g/mol. The summed E-state index contributed by atoms with van der Waals surface area (Å²) in [7, 11) is -3.81. The number of halogens is 1. The van der Waals surface area contributed by atoms with Crippen LogP contribution in [0.1, 0.15) is 37.7 Å². The molecule has 0 fully saturated rings. The van der Waals surface area contributed by atoms with E-state index in [0.717, 1.165) is 12.0 Å². The lowest BCUT2D eigenvalue weighted by Gasteiger charge is -2.19. The van der Waals surface area contributed by atoms with E-state index in [0.29, 0.717) is 36.4 Å². The molecule has 7 nitrogen and oxygen atoms in total. The van der Waals surface area contributed by atoms with Crippen molar-refractivity contribution in [3.63, 3.8) is 0 Å². The number of hydrogen-bond acceptors (Lipinski definition) is 5. The topological polar surface area (TPSA) is 86.1 Å². The number of benzene rings is 2. The van der Waals surface area contributed by atoms with Crippen molar-refractivity contribution in [2.75, 3.05) is 6.61 Å². The van der Waals surface area contributed by atoms with Gasteiger partial charge in [0, 0.05) is 11.6 Å². The fourth-order valence-electron chi connectivity index (χ4n) is 3.06. The van der Waals surface area contributed by atoms with Crippen LogP contribution < -0.4 is 9.46 Å². The third-order valence-corrected chi connectivity index (χ3v) is 6.25. The van der Waals surface area contributed by atoms with Crippen molar-refractivity contribution in [1.29, 1.82) is 0 Å². The molecule has 1 N–H and O–H groups in total. The quantitative estimate of drug-likeness (QED) is 0.506. The van der Waals surface area contributed by atoms with Crippen molar-refractivity contribution >= 4 is 21.6 Å². The molecule has 1 heterocycles. The molecule has 0 saturated carbocycles. The Hall–Kier alpha value is -2.42. The third kappa shape index (κ3) is 5.38. The maximum Gasteiger partial charge on any atom is 0.316 e. The molecule has 30 heavy (non-hydrogen) atoms.